The molecule has 0 saturated carbocycles. The van der Waals surface area contributed by atoms with Crippen molar-refractivity contribution in [1.82, 2.24) is 0 Å². The average Bonchev–Trinajstić information content (AvgIpc) is 2.84. The fraction of sp³-hybridized carbons (Fsp3) is 0.655. The molecule has 1 rings (SSSR count). The molecule has 0 aliphatic carbocycles. The number of ether oxygens (including phenoxy) is 6. The fourth-order valence-corrected chi connectivity index (χ4v) is 2.89. The van der Waals surface area contributed by atoms with Gasteiger partial charge in [0.25, 0.3) is 0 Å². The van der Waals surface area contributed by atoms with Gasteiger partial charge in [-0.05, 0) is 48.3 Å². The first-order valence-corrected chi connectivity index (χ1v) is 13.4. The quantitative estimate of drug-likeness (QED) is 0.187. The van der Waals surface area contributed by atoms with Gasteiger partial charge in [0.1, 0.15) is 18.8 Å². The summed E-state index contributed by atoms with van der Waals surface area (Å²) in [7, 11) is 0. The number of rotatable bonds is 13. The first-order valence-electron chi connectivity index (χ1n) is 13.4. The second-order valence-electron chi connectivity index (χ2n) is 12.0. The van der Waals surface area contributed by atoms with Crippen LogP contribution in [0.5, 0.6) is 11.5 Å². The summed E-state index contributed by atoms with van der Waals surface area (Å²) in [5, 5.41) is 0. The topological polar surface area (TPSA) is 150 Å². The second kappa shape index (κ2) is 16.1. The van der Waals surface area contributed by atoms with Crippen molar-refractivity contribution in [2.45, 2.75) is 93.2 Å². The predicted molar refractivity (Wildman–Crippen MR) is 147 cm³/mol. The van der Waals surface area contributed by atoms with Crippen molar-refractivity contribution >= 4 is 24.2 Å². The third-order valence-electron chi connectivity index (χ3n) is 4.93. The van der Waals surface area contributed by atoms with Gasteiger partial charge in [0.05, 0.1) is 13.2 Å². The molecule has 11 heteroatoms. The van der Waals surface area contributed by atoms with Crippen molar-refractivity contribution in [3.8, 4) is 11.5 Å². The maximum atomic E-state index is 12.5. The maximum absolute atomic E-state index is 12.5. The second-order valence-corrected chi connectivity index (χ2v) is 12.0. The minimum atomic E-state index is -1.07. The Balaban J connectivity index is 2.91. The van der Waals surface area contributed by atoms with Gasteiger partial charge >= 0.3 is 24.2 Å². The van der Waals surface area contributed by atoms with Crippen LogP contribution in [0.2, 0.25) is 0 Å². The van der Waals surface area contributed by atoms with E-state index in [-0.39, 0.29) is 54.5 Å². The smallest absolute Gasteiger partial charge is 0.462 e. The van der Waals surface area contributed by atoms with Crippen LogP contribution in [-0.4, -0.2) is 56.2 Å². The summed E-state index contributed by atoms with van der Waals surface area (Å²) < 4.78 is 31.3. The summed E-state index contributed by atoms with van der Waals surface area (Å²) in [6, 6.07) is 3.31. The molecule has 0 fully saturated rings. The molecule has 0 aromatic heterocycles. The number of benzene rings is 1. The van der Waals surface area contributed by atoms with E-state index >= 15 is 0 Å². The number of esters is 2. The monoisotopic (exact) mass is 567 g/mol. The number of hydrogen-bond acceptors (Lipinski definition) is 11. The Bertz CT molecular complexity index is 994. The lowest BCUT2D eigenvalue weighted by molar-refractivity contribution is -0.159. The lowest BCUT2D eigenvalue weighted by atomic mass is 9.99. The van der Waals surface area contributed by atoms with Crippen LogP contribution in [0.15, 0.2) is 18.2 Å². The zero-order valence-corrected chi connectivity index (χ0v) is 25.0. The van der Waals surface area contributed by atoms with Crippen LogP contribution in [-0.2, 0) is 35.0 Å². The summed E-state index contributed by atoms with van der Waals surface area (Å²) in [5.41, 5.74) is 5.97. The molecule has 1 aromatic carbocycles. The summed E-state index contributed by atoms with van der Waals surface area (Å²) in [4.78, 5) is 48.7. The standard InChI is InChI=1S/C29H45NO10/c1-9-10-11-24(31)35-16-19(2)38-25(32)21(30)14-20-12-13-22(39-26(33)36-17-28(3,4)5)23(15-20)40-27(34)37-18-29(6,7)8/h12-13,15,19,21H,9-11,14,16-18,30H2,1-8H3/t19-,21-/m0/s1. The highest BCUT2D eigenvalue weighted by Crippen LogP contribution is 2.30. The van der Waals surface area contributed by atoms with Crippen molar-refractivity contribution in [2.75, 3.05) is 19.8 Å². The van der Waals surface area contributed by atoms with E-state index in [4.69, 9.17) is 34.2 Å². The summed E-state index contributed by atoms with van der Waals surface area (Å²) in [6.07, 6.45) is -0.738. The lowest BCUT2D eigenvalue weighted by Crippen LogP contribution is -2.37. The molecule has 226 valence electrons. The van der Waals surface area contributed by atoms with E-state index in [9.17, 15) is 19.2 Å². The van der Waals surface area contributed by atoms with Crippen molar-refractivity contribution < 1.29 is 47.6 Å². The highest BCUT2D eigenvalue weighted by atomic mass is 16.7. The van der Waals surface area contributed by atoms with E-state index in [0.29, 0.717) is 12.0 Å². The van der Waals surface area contributed by atoms with E-state index in [2.05, 4.69) is 0 Å². The largest absolute Gasteiger partial charge is 0.513 e. The van der Waals surface area contributed by atoms with Gasteiger partial charge in [-0.15, -0.1) is 0 Å². The van der Waals surface area contributed by atoms with Gasteiger partial charge in [-0.2, -0.15) is 0 Å². The molecule has 0 unspecified atom stereocenters. The molecule has 0 aliphatic heterocycles. The van der Waals surface area contributed by atoms with Crippen molar-refractivity contribution in [3.05, 3.63) is 23.8 Å². The van der Waals surface area contributed by atoms with Gasteiger partial charge in [0, 0.05) is 6.42 Å². The summed E-state index contributed by atoms with van der Waals surface area (Å²) in [6.45, 7) is 15.0. The minimum Gasteiger partial charge on any atom is -0.462 e. The molecule has 2 atom stereocenters. The Labute approximate surface area is 236 Å². The van der Waals surface area contributed by atoms with Crippen LogP contribution in [0.4, 0.5) is 9.59 Å². The molecular formula is C29H45NO10. The van der Waals surface area contributed by atoms with Crippen LogP contribution in [0.1, 0.15) is 80.2 Å². The van der Waals surface area contributed by atoms with Gasteiger partial charge in [0.2, 0.25) is 0 Å². The van der Waals surface area contributed by atoms with Gasteiger partial charge in [-0.3, -0.25) is 9.59 Å². The summed E-state index contributed by atoms with van der Waals surface area (Å²) in [5.74, 6) is -1.25. The fourth-order valence-electron chi connectivity index (χ4n) is 2.89. The van der Waals surface area contributed by atoms with Gasteiger partial charge < -0.3 is 34.2 Å². The normalized spacial score (nSPS) is 13.0. The van der Waals surface area contributed by atoms with Crippen LogP contribution < -0.4 is 15.2 Å². The molecule has 2 N–H and O–H groups in total. The number of carbonyl (C=O) groups is 4. The number of nitrogens with two attached hydrogens (primary N) is 1. The molecule has 0 saturated heterocycles. The molecular weight excluding hydrogens is 522 g/mol. The Morgan fingerprint density at radius 3 is 1.93 bits per heavy atom. The highest BCUT2D eigenvalue weighted by Gasteiger charge is 2.23. The molecule has 1 aromatic rings. The van der Waals surface area contributed by atoms with Crippen LogP contribution >= 0.6 is 0 Å². The Hall–Kier alpha value is -3.34. The molecule has 0 heterocycles. The SMILES string of the molecule is CCCCC(=O)OC[C@H](C)OC(=O)[C@@H](N)Cc1ccc(OC(=O)OCC(C)(C)C)c(OC(=O)OCC(C)(C)C)c1. The third kappa shape index (κ3) is 15.3. The van der Waals surface area contributed by atoms with Crippen molar-refractivity contribution in [2.24, 2.45) is 16.6 Å². The van der Waals surface area contributed by atoms with Crippen molar-refractivity contribution in [3.63, 3.8) is 0 Å². The zero-order valence-electron chi connectivity index (χ0n) is 25.0. The number of unbranched alkanes of at least 4 members (excludes halogenated alkanes) is 1. The van der Waals surface area contributed by atoms with Gasteiger partial charge in [0.15, 0.2) is 11.5 Å². The van der Waals surface area contributed by atoms with Gasteiger partial charge in [-0.1, -0.05) is 61.0 Å². The molecule has 0 spiro atoms. The molecule has 0 bridgehead atoms. The van der Waals surface area contributed by atoms with Crippen molar-refractivity contribution in [1.29, 1.82) is 0 Å². The van der Waals surface area contributed by atoms with E-state index in [1.807, 2.05) is 48.5 Å². The van der Waals surface area contributed by atoms with E-state index in [1.54, 1.807) is 13.0 Å². The molecule has 0 amide bonds. The van der Waals surface area contributed by atoms with Crippen LogP contribution in [0, 0.1) is 10.8 Å². The zero-order chi connectivity index (χ0) is 30.5. The molecule has 0 aliphatic rings. The predicted octanol–water partition coefficient (Wildman–Crippen LogP) is 5.34. The number of carbonyl (C=O) groups excluding carboxylic acids is 4. The van der Waals surface area contributed by atoms with Gasteiger partial charge in [-0.25, -0.2) is 9.59 Å². The van der Waals surface area contributed by atoms with Crippen LogP contribution in [0.3, 0.4) is 0 Å². The molecule has 0 radical (unpaired) electrons. The van der Waals surface area contributed by atoms with E-state index < -0.39 is 30.4 Å². The highest BCUT2D eigenvalue weighted by molar-refractivity contribution is 5.76. The molecule has 11 nitrogen and oxygen atoms in total. The Morgan fingerprint density at radius 1 is 0.850 bits per heavy atom. The maximum Gasteiger partial charge on any atom is 0.513 e. The number of hydrogen-bond donors (Lipinski definition) is 1. The average molecular weight is 568 g/mol. The third-order valence-corrected chi connectivity index (χ3v) is 4.93. The minimum absolute atomic E-state index is 0.0178. The Kier molecular flexibility index (Phi) is 13.9. The summed E-state index contributed by atoms with van der Waals surface area (Å²) >= 11 is 0. The van der Waals surface area contributed by atoms with E-state index in [0.717, 1.165) is 12.8 Å². The Morgan fingerprint density at radius 2 is 1.40 bits per heavy atom. The first-order chi connectivity index (χ1) is 18.5. The first kappa shape index (κ1) is 34.7. The molecule has 40 heavy (non-hydrogen) atoms. The lowest BCUT2D eigenvalue weighted by Gasteiger charge is -2.19. The van der Waals surface area contributed by atoms with Crippen LogP contribution in [0.25, 0.3) is 0 Å². The van der Waals surface area contributed by atoms with E-state index in [1.165, 1.54) is 12.1 Å².